The van der Waals surface area contributed by atoms with Crippen LogP contribution in [-0.2, 0) is 9.84 Å². The molecular formula is C16H18N4O3S. The summed E-state index contributed by atoms with van der Waals surface area (Å²) in [7, 11) is -3.04. The molecule has 2 N–H and O–H groups in total. The lowest BCUT2D eigenvalue weighted by Gasteiger charge is -2.11. The molecule has 1 fully saturated rings. The zero-order valence-electron chi connectivity index (χ0n) is 13.2. The lowest BCUT2D eigenvalue weighted by molar-refractivity contribution is 0.0936. The number of hydrogen-bond donors (Lipinski definition) is 2. The Kier molecular flexibility index (Phi) is 4.48. The van der Waals surface area contributed by atoms with E-state index in [0.29, 0.717) is 12.4 Å². The van der Waals surface area contributed by atoms with Gasteiger partial charge in [0.05, 0.1) is 11.5 Å². The van der Waals surface area contributed by atoms with E-state index in [1.54, 1.807) is 0 Å². The van der Waals surface area contributed by atoms with E-state index in [1.165, 1.54) is 12.3 Å². The second-order valence-corrected chi connectivity index (χ2v) is 8.01. The average molecular weight is 346 g/mol. The number of hydrogen-bond acceptors (Lipinski definition) is 6. The van der Waals surface area contributed by atoms with Crippen LogP contribution in [0.4, 0.5) is 11.6 Å². The summed E-state index contributed by atoms with van der Waals surface area (Å²) in [6.45, 7) is 1.96. The standard InChI is InChI=1S/C16H18N4O3S/c1-11-4-2-3-5-13(11)19-16-17-8-6-14(20-16)15(21)18-12-7-9-24(22,23)10-12/h2-6,8,12H,7,9-10H2,1H3,(H,18,21)(H,17,19,20). The predicted molar refractivity (Wildman–Crippen MR) is 91.0 cm³/mol. The first-order valence-corrected chi connectivity index (χ1v) is 9.42. The second kappa shape index (κ2) is 6.56. The van der Waals surface area contributed by atoms with Crippen molar-refractivity contribution in [2.24, 2.45) is 0 Å². The van der Waals surface area contributed by atoms with Gasteiger partial charge in [-0.25, -0.2) is 18.4 Å². The minimum Gasteiger partial charge on any atom is -0.347 e. The van der Waals surface area contributed by atoms with E-state index in [9.17, 15) is 13.2 Å². The van der Waals surface area contributed by atoms with Gasteiger partial charge < -0.3 is 10.6 Å². The van der Waals surface area contributed by atoms with Gasteiger partial charge in [0, 0.05) is 17.9 Å². The van der Waals surface area contributed by atoms with Gasteiger partial charge in [0.2, 0.25) is 5.95 Å². The molecular weight excluding hydrogens is 328 g/mol. The lowest BCUT2D eigenvalue weighted by Crippen LogP contribution is -2.36. The molecule has 2 aromatic rings. The van der Waals surface area contributed by atoms with Crippen molar-refractivity contribution in [3.63, 3.8) is 0 Å². The number of anilines is 2. The van der Waals surface area contributed by atoms with Gasteiger partial charge >= 0.3 is 0 Å². The lowest BCUT2D eigenvalue weighted by atomic mass is 10.2. The van der Waals surface area contributed by atoms with Crippen LogP contribution in [0.25, 0.3) is 0 Å². The summed E-state index contributed by atoms with van der Waals surface area (Å²) in [4.78, 5) is 20.6. The van der Waals surface area contributed by atoms with Crippen LogP contribution in [0.15, 0.2) is 36.5 Å². The van der Waals surface area contributed by atoms with E-state index in [0.717, 1.165) is 11.3 Å². The third-order valence-electron chi connectivity index (χ3n) is 3.85. The maximum Gasteiger partial charge on any atom is 0.270 e. The average Bonchev–Trinajstić information content (AvgIpc) is 2.88. The fourth-order valence-corrected chi connectivity index (χ4v) is 4.22. The van der Waals surface area contributed by atoms with Gasteiger partial charge in [-0.2, -0.15) is 0 Å². The number of sulfone groups is 1. The summed E-state index contributed by atoms with van der Waals surface area (Å²) in [6, 6.07) is 8.83. The van der Waals surface area contributed by atoms with Crippen LogP contribution < -0.4 is 10.6 Å². The van der Waals surface area contributed by atoms with E-state index >= 15 is 0 Å². The van der Waals surface area contributed by atoms with E-state index in [4.69, 9.17) is 0 Å². The van der Waals surface area contributed by atoms with E-state index in [2.05, 4.69) is 20.6 Å². The van der Waals surface area contributed by atoms with E-state index < -0.39 is 15.7 Å². The van der Waals surface area contributed by atoms with Crippen LogP contribution >= 0.6 is 0 Å². The topological polar surface area (TPSA) is 101 Å². The summed E-state index contributed by atoms with van der Waals surface area (Å²) < 4.78 is 22.9. The Morgan fingerprint density at radius 2 is 2.04 bits per heavy atom. The summed E-state index contributed by atoms with van der Waals surface area (Å²) in [5.41, 5.74) is 2.09. The number of benzene rings is 1. The minimum atomic E-state index is -3.04. The van der Waals surface area contributed by atoms with Gasteiger partial charge in [-0.1, -0.05) is 18.2 Å². The predicted octanol–water partition coefficient (Wildman–Crippen LogP) is 1.45. The molecule has 0 spiro atoms. The van der Waals surface area contributed by atoms with Crippen molar-refractivity contribution in [1.29, 1.82) is 0 Å². The molecule has 3 rings (SSSR count). The van der Waals surface area contributed by atoms with Crippen molar-refractivity contribution in [2.45, 2.75) is 19.4 Å². The maximum absolute atomic E-state index is 12.3. The molecule has 8 heteroatoms. The van der Waals surface area contributed by atoms with Gasteiger partial charge in [0.25, 0.3) is 5.91 Å². The Labute approximate surface area is 140 Å². The van der Waals surface area contributed by atoms with Gasteiger partial charge in [0.1, 0.15) is 5.69 Å². The van der Waals surface area contributed by atoms with Gasteiger partial charge in [0.15, 0.2) is 9.84 Å². The number of carbonyl (C=O) groups is 1. The highest BCUT2D eigenvalue weighted by atomic mass is 32.2. The fourth-order valence-electron chi connectivity index (χ4n) is 2.55. The largest absolute Gasteiger partial charge is 0.347 e. The van der Waals surface area contributed by atoms with Gasteiger partial charge in [-0.15, -0.1) is 0 Å². The Morgan fingerprint density at radius 1 is 1.25 bits per heavy atom. The Hall–Kier alpha value is -2.48. The number of amides is 1. The van der Waals surface area contributed by atoms with Crippen molar-refractivity contribution in [3.8, 4) is 0 Å². The Bertz CT molecular complexity index is 867. The SMILES string of the molecule is Cc1ccccc1Nc1nccc(C(=O)NC2CCS(=O)(=O)C2)n1. The van der Waals surface area contributed by atoms with E-state index in [1.807, 2.05) is 31.2 Å². The molecule has 0 bridgehead atoms. The first-order valence-electron chi connectivity index (χ1n) is 7.60. The molecule has 24 heavy (non-hydrogen) atoms. The molecule has 0 radical (unpaired) electrons. The molecule has 0 aliphatic carbocycles. The zero-order valence-corrected chi connectivity index (χ0v) is 14.0. The number of aromatic nitrogens is 2. The quantitative estimate of drug-likeness (QED) is 0.869. The monoisotopic (exact) mass is 346 g/mol. The van der Waals surface area contributed by atoms with Crippen LogP contribution in [0.5, 0.6) is 0 Å². The molecule has 126 valence electrons. The van der Waals surface area contributed by atoms with Crippen molar-refractivity contribution in [2.75, 3.05) is 16.8 Å². The van der Waals surface area contributed by atoms with Crippen LogP contribution in [0.2, 0.25) is 0 Å². The van der Waals surface area contributed by atoms with Crippen LogP contribution in [0.3, 0.4) is 0 Å². The highest BCUT2D eigenvalue weighted by Crippen LogP contribution is 2.17. The van der Waals surface area contributed by atoms with Crippen molar-refractivity contribution < 1.29 is 13.2 Å². The highest BCUT2D eigenvalue weighted by molar-refractivity contribution is 7.91. The second-order valence-electron chi connectivity index (χ2n) is 5.78. The number of aryl methyl sites for hydroxylation is 1. The number of nitrogens with zero attached hydrogens (tertiary/aromatic N) is 2. The third-order valence-corrected chi connectivity index (χ3v) is 5.62. The van der Waals surface area contributed by atoms with Crippen LogP contribution in [-0.4, -0.2) is 41.8 Å². The third kappa shape index (κ3) is 3.88. The molecule has 1 saturated heterocycles. The van der Waals surface area contributed by atoms with E-state index in [-0.39, 0.29) is 23.2 Å². The fraction of sp³-hybridized carbons (Fsp3) is 0.312. The van der Waals surface area contributed by atoms with Crippen LogP contribution in [0, 0.1) is 6.92 Å². The summed E-state index contributed by atoms with van der Waals surface area (Å²) in [5.74, 6) is 0.0169. The molecule has 1 aromatic heterocycles. The van der Waals surface area contributed by atoms with Crippen LogP contribution in [0.1, 0.15) is 22.5 Å². The number of nitrogens with one attached hydrogen (secondary N) is 2. The summed E-state index contributed by atoms with van der Waals surface area (Å²) in [6.07, 6.45) is 1.93. The molecule has 1 aliphatic rings. The molecule has 1 atom stereocenters. The first-order chi connectivity index (χ1) is 11.4. The van der Waals surface area contributed by atoms with Crippen molar-refractivity contribution in [3.05, 3.63) is 47.8 Å². The first kappa shape index (κ1) is 16.4. The van der Waals surface area contributed by atoms with Gasteiger partial charge in [-0.3, -0.25) is 4.79 Å². The minimum absolute atomic E-state index is 0.0157. The highest BCUT2D eigenvalue weighted by Gasteiger charge is 2.29. The number of carbonyl (C=O) groups excluding carboxylic acids is 1. The zero-order chi connectivity index (χ0) is 17.2. The molecule has 1 aromatic carbocycles. The maximum atomic E-state index is 12.3. The molecule has 1 amide bonds. The van der Waals surface area contributed by atoms with Crippen molar-refractivity contribution >= 4 is 27.4 Å². The summed E-state index contributed by atoms with van der Waals surface area (Å²) in [5, 5.41) is 5.79. The molecule has 7 nitrogen and oxygen atoms in total. The summed E-state index contributed by atoms with van der Waals surface area (Å²) >= 11 is 0. The normalized spacial score (nSPS) is 19.0. The van der Waals surface area contributed by atoms with Crippen molar-refractivity contribution in [1.82, 2.24) is 15.3 Å². The molecule has 0 saturated carbocycles. The number of rotatable bonds is 4. The Balaban J connectivity index is 1.71. The Morgan fingerprint density at radius 3 is 2.75 bits per heavy atom. The molecule has 1 unspecified atom stereocenters. The van der Waals surface area contributed by atoms with Gasteiger partial charge in [-0.05, 0) is 31.0 Å². The number of para-hydroxylation sites is 1. The molecule has 1 aliphatic heterocycles. The molecule has 2 heterocycles. The smallest absolute Gasteiger partial charge is 0.270 e.